The van der Waals surface area contributed by atoms with E-state index in [1.165, 1.54) is 30.7 Å². The van der Waals surface area contributed by atoms with E-state index in [0.717, 1.165) is 30.2 Å². The molecule has 3 aromatic heterocycles. The van der Waals surface area contributed by atoms with Gasteiger partial charge in [0.15, 0.2) is 11.6 Å². The number of aromatic nitrogens is 5. The molecule has 0 spiro atoms. The molecule has 3 heterocycles. The van der Waals surface area contributed by atoms with Crippen LogP contribution >= 0.6 is 11.6 Å². The zero-order valence-corrected chi connectivity index (χ0v) is 33.7. The van der Waals surface area contributed by atoms with E-state index >= 15 is 8.78 Å². The molecular weight excluding hydrogens is 820 g/mol. The van der Waals surface area contributed by atoms with Crippen molar-refractivity contribution in [3.8, 4) is 23.0 Å². The summed E-state index contributed by atoms with van der Waals surface area (Å²) in [4.78, 5) is 31.1. The molecule has 2 aliphatic rings. The van der Waals surface area contributed by atoms with Crippen molar-refractivity contribution in [2.75, 3.05) is 23.4 Å². The average molecular weight is 857 g/mol. The molecule has 1 saturated carbocycles. The smallest absolute Gasteiger partial charge is 0.412 e. The topological polar surface area (TPSA) is 182 Å². The molecule has 20 heteroatoms. The van der Waals surface area contributed by atoms with Crippen molar-refractivity contribution < 1.29 is 45.4 Å². The van der Waals surface area contributed by atoms with Crippen LogP contribution in [0.5, 0.6) is 0 Å². The van der Waals surface area contributed by atoms with Crippen LogP contribution in [0.3, 0.4) is 0 Å². The number of nitrogens with zero attached hydrogens (tertiary/aromatic N) is 5. The van der Waals surface area contributed by atoms with Crippen LogP contribution < -0.4 is 15.4 Å². The molecule has 0 aliphatic heterocycles. The van der Waals surface area contributed by atoms with Gasteiger partial charge in [-0.25, -0.2) is 27.0 Å². The van der Waals surface area contributed by atoms with Crippen LogP contribution in [-0.4, -0.2) is 69.0 Å². The fourth-order valence-corrected chi connectivity index (χ4v) is 8.38. The summed E-state index contributed by atoms with van der Waals surface area (Å²) >= 11 is 6.61. The minimum absolute atomic E-state index is 0.0721. The number of ether oxygens (including phenoxy) is 1. The van der Waals surface area contributed by atoms with Gasteiger partial charge < -0.3 is 15.2 Å². The molecular formula is C39H37ClF4N8O6S. The van der Waals surface area contributed by atoms with Crippen molar-refractivity contribution in [1.29, 1.82) is 0 Å². The Balaban J connectivity index is 1.38. The molecule has 59 heavy (non-hydrogen) atoms. The monoisotopic (exact) mass is 856 g/mol. The zero-order chi connectivity index (χ0) is 42.8. The second kappa shape index (κ2) is 15.1. The summed E-state index contributed by atoms with van der Waals surface area (Å²) in [6.07, 6.45) is 0.366. The van der Waals surface area contributed by atoms with Gasteiger partial charge in [0.1, 0.15) is 35.2 Å². The van der Waals surface area contributed by atoms with Gasteiger partial charge in [-0.15, -0.1) is 0 Å². The van der Waals surface area contributed by atoms with Gasteiger partial charge in [0, 0.05) is 35.7 Å². The number of pyridine rings is 1. The lowest BCUT2D eigenvalue weighted by atomic mass is 9.73. The standard InChI is InChI=1S/C39H37ClF4N8O6S/c1-38(2,55)13-12-22-6-7-23(24-9-11-27(40)31-33(24)51(3)48-36(31)50-59(5,56)57)32(45-22)28(16-19-14-20(41)17-21(42)15-19)46-29(53)18-52-34-30(35(49-52)47-37(54)58-4)25-8-10-26(25)39(34,43)44/h6-7,9,11,14-15,17,25-26,28,55H,8,10,16,18H2,1-5H3,(H,46,53)(H,48,50)(H,47,49,54)/t25-,26+,28-/m0/s1. The maximum Gasteiger partial charge on any atom is 0.412 e. The molecule has 3 atom stereocenters. The number of sulfonamides is 1. The Morgan fingerprint density at radius 3 is 2.41 bits per heavy atom. The zero-order valence-electron chi connectivity index (χ0n) is 32.1. The van der Waals surface area contributed by atoms with Crippen LogP contribution in [0.1, 0.15) is 66.9 Å². The molecule has 2 aliphatic carbocycles. The van der Waals surface area contributed by atoms with Gasteiger partial charge in [-0.1, -0.05) is 23.6 Å². The Labute approximate surface area is 340 Å². The third-order valence-electron chi connectivity index (χ3n) is 10.1. The number of rotatable bonds is 10. The number of fused-ring (bicyclic) bond motifs is 4. The quantitative estimate of drug-likeness (QED) is 0.0949. The van der Waals surface area contributed by atoms with Crippen molar-refractivity contribution in [3.63, 3.8) is 0 Å². The highest BCUT2D eigenvalue weighted by molar-refractivity contribution is 7.92. The summed E-state index contributed by atoms with van der Waals surface area (Å²) in [5.74, 6) is -2.46. The lowest BCUT2D eigenvalue weighted by Crippen LogP contribution is -2.36. The summed E-state index contributed by atoms with van der Waals surface area (Å²) in [5.41, 5.74) is -0.541. The third kappa shape index (κ3) is 8.29. The van der Waals surface area contributed by atoms with E-state index in [1.54, 1.807) is 19.2 Å². The number of benzene rings is 2. The van der Waals surface area contributed by atoms with E-state index in [9.17, 15) is 31.9 Å². The number of alkyl halides is 2. The summed E-state index contributed by atoms with van der Waals surface area (Å²) in [5, 5.41) is 24.5. The van der Waals surface area contributed by atoms with Crippen LogP contribution in [-0.2, 0) is 45.5 Å². The molecule has 0 bridgehead atoms. The third-order valence-corrected chi connectivity index (χ3v) is 11.0. The fraction of sp³-hybridized carbons (Fsp3) is 0.359. The molecule has 5 aromatic rings. The molecule has 0 unspecified atom stereocenters. The van der Waals surface area contributed by atoms with E-state index in [4.69, 9.17) is 16.6 Å². The largest absolute Gasteiger partial charge is 0.453 e. The Bertz CT molecular complexity index is 2700. The maximum absolute atomic E-state index is 15.9. The number of amides is 2. The fourth-order valence-electron chi connectivity index (χ4n) is 7.64. The number of aryl methyl sites for hydroxylation is 1. The molecule has 1 fully saturated rings. The van der Waals surface area contributed by atoms with E-state index < -0.39 is 75.3 Å². The van der Waals surface area contributed by atoms with Crippen LogP contribution in [0, 0.1) is 29.4 Å². The number of anilines is 2. The van der Waals surface area contributed by atoms with Crippen LogP contribution in [0.25, 0.3) is 22.0 Å². The normalized spacial score (nSPS) is 17.3. The molecule has 0 radical (unpaired) electrons. The van der Waals surface area contributed by atoms with Crippen LogP contribution in [0.2, 0.25) is 5.02 Å². The Morgan fingerprint density at radius 1 is 1.08 bits per heavy atom. The summed E-state index contributed by atoms with van der Waals surface area (Å²) in [6.45, 7) is 2.15. The maximum atomic E-state index is 15.9. The summed E-state index contributed by atoms with van der Waals surface area (Å²) < 4.78 is 94.9. The molecule has 310 valence electrons. The van der Waals surface area contributed by atoms with Gasteiger partial charge in [-0.05, 0) is 80.8 Å². The average Bonchev–Trinajstić information content (AvgIpc) is 3.66. The minimum atomic E-state index is -3.82. The van der Waals surface area contributed by atoms with Gasteiger partial charge in [-0.3, -0.25) is 24.2 Å². The number of hydrogen-bond acceptors (Lipinski definition) is 9. The second-order valence-electron chi connectivity index (χ2n) is 15.0. The van der Waals surface area contributed by atoms with Crippen molar-refractivity contribution in [2.24, 2.45) is 13.0 Å². The van der Waals surface area contributed by atoms with Gasteiger partial charge in [-0.2, -0.15) is 19.0 Å². The van der Waals surface area contributed by atoms with Gasteiger partial charge in [0.25, 0.3) is 5.92 Å². The van der Waals surface area contributed by atoms with Crippen LogP contribution in [0.15, 0.2) is 42.5 Å². The van der Waals surface area contributed by atoms with E-state index in [0.29, 0.717) is 29.1 Å². The second-order valence-corrected chi connectivity index (χ2v) is 17.2. The Kier molecular flexibility index (Phi) is 10.6. The predicted molar refractivity (Wildman–Crippen MR) is 209 cm³/mol. The Hall–Kier alpha value is -5.71. The molecule has 0 saturated heterocycles. The van der Waals surface area contributed by atoms with Gasteiger partial charge in [0.05, 0.1) is 41.0 Å². The van der Waals surface area contributed by atoms with E-state index in [-0.39, 0.29) is 57.4 Å². The Morgan fingerprint density at radius 2 is 1.78 bits per heavy atom. The van der Waals surface area contributed by atoms with Crippen molar-refractivity contribution in [2.45, 2.75) is 63.1 Å². The highest BCUT2D eigenvalue weighted by Gasteiger charge is 2.62. The minimum Gasteiger partial charge on any atom is -0.453 e. The predicted octanol–water partition coefficient (Wildman–Crippen LogP) is 6.13. The van der Waals surface area contributed by atoms with E-state index in [2.05, 4.69) is 42.1 Å². The highest BCUT2D eigenvalue weighted by atomic mass is 35.5. The molecule has 2 amide bonds. The lowest BCUT2D eigenvalue weighted by molar-refractivity contribution is -0.123. The number of halogens is 5. The number of methoxy groups -OCH3 is 1. The first-order valence-electron chi connectivity index (χ1n) is 18.1. The first-order chi connectivity index (χ1) is 27.6. The van der Waals surface area contributed by atoms with Gasteiger partial charge in [0.2, 0.25) is 15.9 Å². The highest BCUT2D eigenvalue weighted by Crippen LogP contribution is 2.63. The number of carbonyl (C=O) groups is 2. The number of nitrogens with one attached hydrogen (secondary N) is 3. The molecule has 7 rings (SSSR count). The van der Waals surface area contributed by atoms with Crippen molar-refractivity contribution in [1.82, 2.24) is 29.9 Å². The SMILES string of the molecule is COC(=O)Nc1nn(CC(=O)N[C@@H](Cc2cc(F)cc(F)c2)c2nc(C#CC(C)(C)O)ccc2-c2ccc(Cl)c3c(NS(C)(=O)=O)nn(C)c23)c2c1[C@H]1CC[C@H]1C2(F)F. The summed E-state index contributed by atoms with van der Waals surface area (Å²) in [6, 6.07) is 7.78. The van der Waals surface area contributed by atoms with Crippen LogP contribution in [0.4, 0.5) is 34.0 Å². The molecule has 14 nitrogen and oxygen atoms in total. The first kappa shape index (κ1) is 41.4. The molecule has 2 aromatic carbocycles. The number of carbonyl (C=O) groups excluding carboxylic acids is 2. The first-order valence-corrected chi connectivity index (χ1v) is 20.4. The lowest BCUT2D eigenvalue weighted by Gasteiger charge is -2.34. The summed E-state index contributed by atoms with van der Waals surface area (Å²) in [7, 11) is -1.16. The van der Waals surface area contributed by atoms with Crippen molar-refractivity contribution in [3.05, 3.63) is 87.3 Å². The van der Waals surface area contributed by atoms with Crippen molar-refractivity contribution >= 4 is 56.2 Å². The van der Waals surface area contributed by atoms with Gasteiger partial charge >= 0.3 is 6.09 Å². The van der Waals surface area contributed by atoms with E-state index in [1.807, 2.05) is 0 Å². The number of hydrogen-bond donors (Lipinski definition) is 4. The number of aliphatic hydroxyl groups is 1. The molecule has 4 N–H and O–H groups in total.